The van der Waals surface area contributed by atoms with E-state index < -0.39 is 37.3 Å². The van der Waals surface area contributed by atoms with Crippen LogP contribution < -0.4 is 0 Å². The Morgan fingerprint density at radius 1 is 0.542 bits per heavy atom. The molecule has 0 N–H and O–H groups in total. The van der Waals surface area contributed by atoms with Crippen LogP contribution in [0.2, 0.25) is 39.3 Å². The Hall–Kier alpha value is -1.98. The van der Waals surface area contributed by atoms with Crippen molar-refractivity contribution in [2.75, 3.05) is 0 Å². The summed E-state index contributed by atoms with van der Waals surface area (Å²) < 4.78 is 2.15. The van der Waals surface area contributed by atoms with Crippen molar-refractivity contribution in [2.45, 2.75) is 132 Å². The molecule has 0 aromatic heterocycles. The molecular formula is C52H72BCl2NSi2Zr. The van der Waals surface area contributed by atoms with Crippen molar-refractivity contribution in [1.82, 2.24) is 4.14 Å². The normalized spacial score (nSPS) is 12.2. The Labute approximate surface area is 382 Å². The molecule has 0 saturated carbocycles. The second-order valence-electron chi connectivity index (χ2n) is 20.9. The van der Waals surface area contributed by atoms with Crippen molar-refractivity contribution < 1.29 is 20.8 Å². The monoisotopic (exact) mass is 937 g/mol. The first-order valence-electron chi connectivity index (χ1n) is 21.4. The molecule has 6 aromatic rings. The van der Waals surface area contributed by atoms with Gasteiger partial charge < -0.3 is 4.14 Å². The summed E-state index contributed by atoms with van der Waals surface area (Å²) >= 11 is -0.826. The van der Waals surface area contributed by atoms with Crippen LogP contribution in [0.1, 0.15) is 91.5 Å². The third-order valence-electron chi connectivity index (χ3n) is 10.4. The topological polar surface area (TPSA) is 3.24 Å². The molecule has 6 rings (SSSR count). The first kappa shape index (κ1) is 51.4. The van der Waals surface area contributed by atoms with Gasteiger partial charge in [0.05, 0.1) is 0 Å². The number of hydrogen-bond donors (Lipinski definition) is 0. The molecule has 0 aliphatic heterocycles. The summed E-state index contributed by atoms with van der Waals surface area (Å²) in [6.07, 6.45) is 2.30. The molecule has 2 radical (unpaired) electrons. The quantitative estimate of drug-likeness (QED) is 0.109. The van der Waals surface area contributed by atoms with E-state index in [1.165, 1.54) is 66.1 Å². The van der Waals surface area contributed by atoms with E-state index in [1.807, 2.05) is 0 Å². The Morgan fingerprint density at radius 3 is 1.12 bits per heavy atom. The van der Waals surface area contributed by atoms with Gasteiger partial charge in [-0.2, -0.15) is 12.1 Å². The van der Waals surface area contributed by atoms with Crippen LogP contribution in [0, 0.1) is 11.8 Å². The Bertz CT molecular complexity index is 2050. The molecule has 0 aliphatic carbocycles. The number of hydrogen-bond acceptors (Lipinski definition) is 1. The molecule has 314 valence electrons. The zero-order valence-electron chi connectivity index (χ0n) is 39.2. The third kappa shape index (κ3) is 15.1. The van der Waals surface area contributed by atoms with Gasteiger partial charge in [0.25, 0.3) is 0 Å². The summed E-state index contributed by atoms with van der Waals surface area (Å²) in [6.45, 7) is 36.6. The first-order chi connectivity index (χ1) is 27.3. The second kappa shape index (κ2) is 21.9. The van der Waals surface area contributed by atoms with Crippen molar-refractivity contribution in [1.29, 1.82) is 0 Å². The van der Waals surface area contributed by atoms with Crippen LogP contribution in [0.5, 0.6) is 0 Å². The van der Waals surface area contributed by atoms with Crippen molar-refractivity contribution >= 4 is 63.0 Å². The van der Waals surface area contributed by atoms with Crippen LogP contribution in [0.25, 0.3) is 43.8 Å². The molecule has 0 heterocycles. The van der Waals surface area contributed by atoms with E-state index in [9.17, 15) is 0 Å². The van der Waals surface area contributed by atoms with Gasteiger partial charge in [-0.1, -0.05) is 180 Å². The van der Waals surface area contributed by atoms with E-state index in [2.05, 4.69) is 222 Å². The van der Waals surface area contributed by atoms with E-state index in [4.69, 9.17) is 25.0 Å². The molecule has 0 saturated heterocycles. The van der Waals surface area contributed by atoms with Crippen LogP contribution in [0.4, 0.5) is 0 Å². The summed E-state index contributed by atoms with van der Waals surface area (Å²) in [5.41, 5.74) is 11.5. The van der Waals surface area contributed by atoms with E-state index >= 15 is 0 Å². The minimum absolute atomic E-state index is 0.145. The van der Waals surface area contributed by atoms with Gasteiger partial charge in [-0.3, -0.25) is 0 Å². The predicted octanol–water partition coefficient (Wildman–Crippen LogP) is 16.9. The van der Waals surface area contributed by atoms with Gasteiger partial charge in [-0.05, 0) is 57.8 Å². The Balaban J connectivity index is 0.000000245. The number of rotatable bonds is 8. The molecule has 0 unspecified atom stereocenters. The van der Waals surface area contributed by atoms with Crippen molar-refractivity contribution in [3.8, 4) is 22.3 Å². The van der Waals surface area contributed by atoms with Crippen molar-refractivity contribution in [3.05, 3.63) is 131 Å². The zero-order valence-corrected chi connectivity index (χ0v) is 45.2. The molecule has 7 heteroatoms. The second-order valence-corrected chi connectivity index (χ2v) is 34.7. The molecule has 0 amide bonds. The molecule has 0 fully saturated rings. The molecule has 6 aromatic carbocycles. The maximum atomic E-state index is 5.98. The standard InChI is InChI=1S/2C23H27.C6H18BNSi2.2ClH.Zr/c2*1-16(2)13-17-14-18-9-8-11-19(21(18)15-17)20-10-6-7-12-22(20)23(3,4)5;1-9(2,3)8(7)10(4,5)6;;;/h2*6-12,14-16H,13H2,1-5H3;1-6H3;2*1H;/q2*-1;;;;+4/p-2. The number of fused-ring (bicyclic) bond motifs is 2. The fourth-order valence-electron chi connectivity index (χ4n) is 7.99. The van der Waals surface area contributed by atoms with Crippen LogP contribution in [0.3, 0.4) is 0 Å². The van der Waals surface area contributed by atoms with Gasteiger partial charge in [0, 0.05) is 0 Å². The number of benzene rings is 4. The van der Waals surface area contributed by atoms with E-state index in [0.29, 0.717) is 11.8 Å². The van der Waals surface area contributed by atoms with E-state index in [-0.39, 0.29) is 10.8 Å². The predicted molar refractivity (Wildman–Crippen MR) is 270 cm³/mol. The van der Waals surface area contributed by atoms with E-state index in [1.54, 1.807) is 0 Å². The van der Waals surface area contributed by atoms with Gasteiger partial charge >= 0.3 is 37.9 Å². The molecule has 1 nitrogen and oxygen atoms in total. The fraction of sp³-hybridized carbons (Fsp3) is 0.423. The summed E-state index contributed by atoms with van der Waals surface area (Å²) in [6, 6.07) is 40.6. The first-order valence-corrected chi connectivity index (χ1v) is 34.6. The summed E-state index contributed by atoms with van der Waals surface area (Å²) in [7, 11) is 13.4. The van der Waals surface area contributed by atoms with Gasteiger partial charge in [-0.15, -0.1) is 69.1 Å². The summed E-state index contributed by atoms with van der Waals surface area (Å²) in [4.78, 5) is 0. The van der Waals surface area contributed by atoms with Crippen LogP contribution in [-0.4, -0.2) is 28.6 Å². The zero-order chi connectivity index (χ0) is 44.5. The van der Waals surface area contributed by atoms with Gasteiger partial charge in [0.1, 0.15) is 16.5 Å². The average Bonchev–Trinajstić information content (AvgIpc) is 3.73. The van der Waals surface area contributed by atoms with Crippen molar-refractivity contribution in [3.63, 3.8) is 0 Å². The Kier molecular flexibility index (Phi) is 19.1. The average molecular weight is 940 g/mol. The van der Waals surface area contributed by atoms with E-state index in [0.717, 1.165) is 12.8 Å². The molecule has 0 spiro atoms. The number of nitrogens with zero attached hydrogens (tertiary/aromatic N) is 1. The van der Waals surface area contributed by atoms with Gasteiger partial charge in [-0.25, -0.2) is 0 Å². The maximum absolute atomic E-state index is 5.98. The SMILES string of the molecule is CC(C)Cc1cc2c(-c3ccccc3C(C)(C)C)cccc2[cH-]1.CC(C)Cc1cc2c(-c3ccccc3C(C)(C)C)cccc2[cH-]1.[B]N([Si](C)(C)C)[Si](C)(C)C.[Cl][Zr+2][Cl]. The fourth-order valence-corrected chi connectivity index (χ4v) is 16.0. The van der Waals surface area contributed by atoms with Crippen LogP contribution in [-0.2, 0) is 44.5 Å². The van der Waals surface area contributed by atoms with Crippen LogP contribution in [0.15, 0.2) is 109 Å². The van der Waals surface area contributed by atoms with Crippen LogP contribution >= 0.6 is 17.0 Å². The Morgan fingerprint density at radius 2 is 0.847 bits per heavy atom. The molecule has 0 bridgehead atoms. The molecule has 0 atom stereocenters. The minimum atomic E-state index is -1.22. The summed E-state index contributed by atoms with van der Waals surface area (Å²) in [5, 5.41) is 5.50. The molecular weight excluding hydrogens is 868 g/mol. The molecule has 59 heavy (non-hydrogen) atoms. The van der Waals surface area contributed by atoms with Crippen molar-refractivity contribution in [2.24, 2.45) is 11.8 Å². The van der Waals surface area contributed by atoms with Gasteiger partial charge in [0.2, 0.25) is 0 Å². The van der Waals surface area contributed by atoms with Gasteiger partial charge in [0.15, 0.2) is 7.98 Å². The third-order valence-corrected chi connectivity index (χ3v) is 17.3. The summed E-state index contributed by atoms with van der Waals surface area (Å²) in [5.74, 6) is 1.38. The number of halogens is 2. The molecule has 0 aliphatic rings.